The Labute approximate surface area is 108 Å². The van der Waals surface area contributed by atoms with E-state index in [0.717, 1.165) is 4.05 Å². The lowest BCUT2D eigenvalue weighted by Crippen LogP contribution is -2.06. The standard InChI is InChI=1S/C8H19Si.C3H7.ClH.Mg/c1-2-3-4-5-6-7-8-9;1-3-2;;/h2-9H2,1H3;3H,1-2H3;1H;. The van der Waals surface area contributed by atoms with Crippen molar-refractivity contribution in [2.75, 3.05) is 0 Å². The zero-order valence-electron chi connectivity index (χ0n) is 10.3. The highest BCUT2D eigenvalue weighted by molar-refractivity contribution is 7.01. The molecule has 0 nitrogen and oxygen atoms in total. The molecule has 0 aromatic rings. The second kappa shape index (κ2) is 14.3. The molecule has 0 heterocycles. The van der Waals surface area contributed by atoms with Gasteiger partial charge in [-0.2, -0.15) is 0 Å². The quantitative estimate of drug-likeness (QED) is 0.429. The molecule has 0 saturated carbocycles. The smallest absolute Gasteiger partial charge is 0.147 e. The van der Waals surface area contributed by atoms with Crippen molar-refractivity contribution >= 4 is 39.2 Å². The monoisotopic (exact) mass is 246 g/mol. The van der Waals surface area contributed by atoms with Crippen molar-refractivity contribution in [2.24, 2.45) is 0 Å². The number of hydrogen-bond donors (Lipinski definition) is 0. The first-order chi connectivity index (χ1) is 6.27. The summed E-state index contributed by atoms with van der Waals surface area (Å²) in [7, 11) is 0.463. The van der Waals surface area contributed by atoms with Crippen LogP contribution in [0.5, 0.6) is 0 Å². The van der Waals surface area contributed by atoms with Crippen molar-refractivity contribution in [3.8, 4) is 0 Å². The third-order valence-corrected chi connectivity index (χ3v) is 11.4. The van der Waals surface area contributed by atoms with Crippen LogP contribution in [-0.4, -0.2) is 26.8 Å². The van der Waals surface area contributed by atoms with Crippen LogP contribution < -0.4 is 0 Å². The summed E-state index contributed by atoms with van der Waals surface area (Å²) in [6.45, 7) is 7.13. The Morgan fingerprint density at radius 3 is 2.14 bits per heavy atom. The number of halogens is 1. The van der Waals surface area contributed by atoms with Crippen molar-refractivity contribution in [2.45, 2.75) is 69.4 Å². The van der Waals surface area contributed by atoms with E-state index in [1.54, 1.807) is 12.5 Å². The fourth-order valence-corrected chi connectivity index (χ4v) is 7.87. The maximum absolute atomic E-state index is 2.42. The van der Waals surface area contributed by atoms with Gasteiger partial charge in [-0.1, -0.05) is 72.5 Å². The maximum Gasteiger partial charge on any atom is 0.359 e. The maximum atomic E-state index is 2.42. The second-order valence-electron chi connectivity index (χ2n) is 4.66. The van der Waals surface area contributed by atoms with Gasteiger partial charge in [-0.05, 0) is 0 Å². The number of hydrogen-bond acceptors (Lipinski definition) is 0. The molecule has 0 amide bonds. The summed E-state index contributed by atoms with van der Waals surface area (Å²) in [5.41, 5.74) is 0. The molecule has 0 unspecified atom stereocenters. The molecule has 0 N–H and O–H groups in total. The fourth-order valence-electron chi connectivity index (χ4n) is 1.69. The molecule has 0 aliphatic carbocycles. The van der Waals surface area contributed by atoms with Crippen LogP contribution in [0.15, 0.2) is 0 Å². The average Bonchev–Trinajstić information content (AvgIpc) is 2.09. The summed E-state index contributed by atoms with van der Waals surface area (Å²) in [5.74, 6) is 0. The Kier molecular flexibility index (Phi) is 18.0. The first-order valence-electron chi connectivity index (χ1n) is 6.27. The van der Waals surface area contributed by atoms with E-state index in [1.807, 2.05) is 0 Å². The van der Waals surface area contributed by atoms with Crippen molar-refractivity contribution < 1.29 is 0 Å². The zero-order chi connectivity index (χ0) is 9.94. The van der Waals surface area contributed by atoms with E-state index in [-0.39, 0.29) is 12.4 Å². The first kappa shape index (κ1) is 17.7. The highest BCUT2D eigenvalue weighted by Crippen LogP contribution is 2.07. The molecule has 0 saturated heterocycles. The summed E-state index contributed by atoms with van der Waals surface area (Å²) in [6, 6.07) is 1.66. The van der Waals surface area contributed by atoms with Gasteiger partial charge in [0.2, 0.25) is 0 Å². The molecule has 0 bridgehead atoms. The Morgan fingerprint density at radius 2 is 1.57 bits per heavy atom. The van der Waals surface area contributed by atoms with Crippen LogP contribution in [0.3, 0.4) is 0 Å². The van der Waals surface area contributed by atoms with Gasteiger partial charge in [-0.3, -0.25) is 0 Å². The summed E-state index contributed by atoms with van der Waals surface area (Å²) < 4.78 is 1.10. The minimum Gasteiger partial charge on any atom is -0.147 e. The molecule has 0 rings (SSSR count). The average molecular weight is 247 g/mol. The van der Waals surface area contributed by atoms with Crippen molar-refractivity contribution in [1.82, 2.24) is 0 Å². The van der Waals surface area contributed by atoms with E-state index in [9.17, 15) is 0 Å². The van der Waals surface area contributed by atoms with E-state index in [2.05, 4.69) is 20.8 Å². The van der Waals surface area contributed by atoms with Crippen LogP contribution in [0.1, 0.15) is 59.3 Å². The fraction of sp³-hybridized carbons (Fsp3) is 1.00. The van der Waals surface area contributed by atoms with Gasteiger partial charge in [0, 0.05) is 0 Å². The lowest BCUT2D eigenvalue weighted by Gasteiger charge is -2.01. The van der Waals surface area contributed by atoms with E-state index in [0.29, 0.717) is 26.8 Å². The Hall–Kier alpha value is 1.27. The molecule has 0 aliphatic heterocycles. The summed E-state index contributed by atoms with van der Waals surface area (Å²) in [5, 5.41) is 0. The third-order valence-electron chi connectivity index (χ3n) is 2.64. The molecule has 0 radical (unpaired) electrons. The molecule has 0 aromatic carbocycles. The van der Waals surface area contributed by atoms with Crippen LogP contribution in [0.4, 0.5) is 0 Å². The molecule has 3 heteroatoms. The van der Waals surface area contributed by atoms with Gasteiger partial charge >= 0.3 is 19.6 Å². The molecular formula is C11H27ClMgSi. The van der Waals surface area contributed by atoms with Gasteiger partial charge in [0.05, 0.1) is 0 Å². The van der Waals surface area contributed by atoms with E-state index >= 15 is 0 Å². The van der Waals surface area contributed by atoms with Crippen LogP contribution in [0.25, 0.3) is 0 Å². The molecule has 0 aromatic heterocycles. The van der Waals surface area contributed by atoms with Gasteiger partial charge in [0.1, 0.15) is 0 Å². The lowest BCUT2D eigenvalue weighted by atomic mass is 10.1. The van der Waals surface area contributed by atoms with Crippen molar-refractivity contribution in [1.29, 1.82) is 0 Å². The SMILES string of the molecule is CCCCCCCC[SiH2][Mg][CH](C)C.Cl. The van der Waals surface area contributed by atoms with Gasteiger partial charge < -0.3 is 0 Å². The predicted molar refractivity (Wildman–Crippen MR) is 74.8 cm³/mol. The van der Waals surface area contributed by atoms with E-state index in [1.165, 1.54) is 32.1 Å². The van der Waals surface area contributed by atoms with Gasteiger partial charge in [0.25, 0.3) is 0 Å². The van der Waals surface area contributed by atoms with Gasteiger partial charge in [-0.15, -0.1) is 16.5 Å². The van der Waals surface area contributed by atoms with Crippen LogP contribution in [0, 0.1) is 0 Å². The molecule has 0 fully saturated rings. The van der Waals surface area contributed by atoms with Crippen LogP contribution in [0.2, 0.25) is 10.1 Å². The van der Waals surface area contributed by atoms with E-state index < -0.39 is 0 Å². The van der Waals surface area contributed by atoms with Crippen molar-refractivity contribution in [3.63, 3.8) is 0 Å². The van der Waals surface area contributed by atoms with Gasteiger partial charge in [0.15, 0.2) is 0 Å². The second-order valence-corrected chi connectivity index (χ2v) is 12.1. The summed E-state index contributed by atoms with van der Waals surface area (Å²) in [4.78, 5) is 0. The predicted octanol–water partition coefficient (Wildman–Crippen LogP) is 3.80. The normalized spacial score (nSPS) is 10.6. The first-order valence-corrected chi connectivity index (χ1v) is 12.1. The number of rotatable bonds is 9. The largest absolute Gasteiger partial charge is 0.359 e. The Balaban J connectivity index is 0. The lowest BCUT2D eigenvalue weighted by molar-refractivity contribution is 0.624. The highest BCUT2D eigenvalue weighted by Gasteiger charge is 1.99. The third kappa shape index (κ3) is 15.7. The molecule has 0 aliphatic rings. The zero-order valence-corrected chi connectivity index (χ0v) is 14.0. The molecule has 0 atom stereocenters. The molecule has 14 heavy (non-hydrogen) atoms. The topological polar surface area (TPSA) is 0 Å². The summed E-state index contributed by atoms with van der Waals surface area (Å²) in [6.07, 6.45) is 8.92. The Bertz CT molecular complexity index is 99.3. The minimum absolute atomic E-state index is 0. The van der Waals surface area contributed by atoms with Gasteiger partial charge in [-0.25, -0.2) is 0 Å². The van der Waals surface area contributed by atoms with E-state index in [4.69, 9.17) is 0 Å². The van der Waals surface area contributed by atoms with Crippen LogP contribution in [-0.2, 0) is 0 Å². The Morgan fingerprint density at radius 1 is 1.00 bits per heavy atom. The number of unbranched alkanes of at least 4 members (excludes halogenated alkanes) is 5. The highest BCUT2D eigenvalue weighted by atomic mass is 35.5. The molecular weight excluding hydrogens is 220 g/mol. The minimum atomic E-state index is 0. The summed E-state index contributed by atoms with van der Waals surface area (Å²) >= 11 is 0.441. The molecule has 84 valence electrons. The van der Waals surface area contributed by atoms with Crippen molar-refractivity contribution in [3.05, 3.63) is 0 Å². The van der Waals surface area contributed by atoms with Crippen LogP contribution >= 0.6 is 12.4 Å². The molecule has 0 spiro atoms.